The maximum atomic E-state index is 6.02. The van der Waals surface area contributed by atoms with Gasteiger partial charge in [0.2, 0.25) is 0 Å². The molecule has 3 aromatic heterocycles. The van der Waals surface area contributed by atoms with Crippen LogP contribution in [0.2, 0.25) is 5.02 Å². The van der Waals surface area contributed by atoms with E-state index in [1.807, 2.05) is 18.2 Å². The van der Waals surface area contributed by atoms with Crippen LogP contribution in [0, 0.1) is 6.92 Å². The fraction of sp³-hybridized carbons (Fsp3) is 0.222. The summed E-state index contributed by atoms with van der Waals surface area (Å²) in [5.74, 6) is 2.51. The van der Waals surface area contributed by atoms with Gasteiger partial charge in [-0.15, -0.1) is 21.5 Å². The number of aryl methyl sites for hydroxylation is 1. The van der Waals surface area contributed by atoms with Crippen molar-refractivity contribution >= 4 is 34.7 Å². The molecule has 0 spiro atoms. The summed E-state index contributed by atoms with van der Waals surface area (Å²) in [4.78, 5) is 6.82. The van der Waals surface area contributed by atoms with Crippen LogP contribution in [0.15, 0.2) is 46.1 Å². The molecular formula is C18H16ClN5OS2. The van der Waals surface area contributed by atoms with Gasteiger partial charge in [0.1, 0.15) is 0 Å². The molecule has 0 fully saturated rings. The molecule has 0 bridgehead atoms. The van der Waals surface area contributed by atoms with E-state index in [1.165, 1.54) is 4.88 Å². The van der Waals surface area contributed by atoms with Gasteiger partial charge in [0.25, 0.3) is 5.89 Å². The van der Waals surface area contributed by atoms with E-state index in [1.54, 1.807) is 29.2 Å². The number of thioether (sulfide) groups is 1. The zero-order valence-corrected chi connectivity index (χ0v) is 17.1. The molecule has 0 radical (unpaired) electrons. The average molecular weight is 418 g/mol. The van der Waals surface area contributed by atoms with Crippen molar-refractivity contribution < 1.29 is 4.52 Å². The molecule has 0 N–H and O–H groups in total. The Morgan fingerprint density at radius 2 is 2.11 bits per heavy atom. The van der Waals surface area contributed by atoms with Crippen molar-refractivity contribution in [3.63, 3.8) is 0 Å². The summed E-state index contributed by atoms with van der Waals surface area (Å²) in [7, 11) is 0. The molecule has 0 aliphatic carbocycles. The summed E-state index contributed by atoms with van der Waals surface area (Å²) in [5, 5.41) is 14.2. The number of hydrogen-bond donors (Lipinski definition) is 0. The summed E-state index contributed by atoms with van der Waals surface area (Å²) >= 11 is 9.28. The minimum absolute atomic E-state index is 0.458. The van der Waals surface area contributed by atoms with E-state index in [0.29, 0.717) is 22.5 Å². The van der Waals surface area contributed by atoms with Gasteiger partial charge in [-0.25, -0.2) is 0 Å². The molecule has 1 aromatic carbocycles. The van der Waals surface area contributed by atoms with Crippen molar-refractivity contribution in [1.82, 2.24) is 24.9 Å². The first-order valence-corrected chi connectivity index (χ1v) is 10.5. The minimum atomic E-state index is 0.458. The van der Waals surface area contributed by atoms with Gasteiger partial charge >= 0.3 is 0 Å². The molecule has 3 heterocycles. The molecular weight excluding hydrogens is 402 g/mol. The van der Waals surface area contributed by atoms with Crippen molar-refractivity contribution in [3.8, 4) is 22.2 Å². The topological polar surface area (TPSA) is 69.6 Å². The highest BCUT2D eigenvalue weighted by Crippen LogP contribution is 2.30. The summed E-state index contributed by atoms with van der Waals surface area (Å²) in [5.41, 5.74) is 0.804. The summed E-state index contributed by atoms with van der Waals surface area (Å²) in [6, 6.07) is 11.5. The van der Waals surface area contributed by atoms with Crippen molar-refractivity contribution in [3.05, 3.63) is 52.1 Å². The Balaban J connectivity index is 1.50. The lowest BCUT2D eigenvalue weighted by Crippen LogP contribution is -1.99. The number of rotatable bonds is 6. The Morgan fingerprint density at radius 3 is 2.85 bits per heavy atom. The molecule has 0 saturated carbocycles. The Hall–Kier alpha value is -2.16. The largest absolute Gasteiger partial charge is 0.334 e. The van der Waals surface area contributed by atoms with Crippen LogP contribution in [0.25, 0.3) is 22.2 Å². The zero-order valence-electron chi connectivity index (χ0n) is 14.7. The third-order valence-electron chi connectivity index (χ3n) is 3.86. The van der Waals surface area contributed by atoms with Crippen LogP contribution in [-0.2, 0) is 12.3 Å². The fourth-order valence-corrected chi connectivity index (χ4v) is 4.50. The van der Waals surface area contributed by atoms with Crippen molar-refractivity contribution in [1.29, 1.82) is 0 Å². The third kappa shape index (κ3) is 3.92. The summed E-state index contributed by atoms with van der Waals surface area (Å²) < 4.78 is 7.46. The van der Waals surface area contributed by atoms with E-state index in [9.17, 15) is 0 Å². The fourth-order valence-electron chi connectivity index (χ4n) is 2.60. The molecule has 4 aromatic rings. The lowest BCUT2D eigenvalue weighted by atomic mass is 10.2. The van der Waals surface area contributed by atoms with Crippen LogP contribution in [0.1, 0.15) is 17.6 Å². The first-order valence-electron chi connectivity index (χ1n) is 8.35. The first-order chi connectivity index (χ1) is 13.1. The highest BCUT2D eigenvalue weighted by atomic mass is 35.5. The van der Waals surface area contributed by atoms with E-state index >= 15 is 0 Å². The molecule has 0 aliphatic rings. The van der Waals surface area contributed by atoms with Gasteiger partial charge in [0, 0.05) is 22.0 Å². The van der Waals surface area contributed by atoms with Crippen molar-refractivity contribution in [2.75, 3.05) is 0 Å². The van der Waals surface area contributed by atoms with E-state index in [2.05, 4.69) is 50.9 Å². The summed E-state index contributed by atoms with van der Waals surface area (Å²) in [6.45, 7) is 4.97. The van der Waals surface area contributed by atoms with Crippen LogP contribution in [0.5, 0.6) is 0 Å². The highest BCUT2D eigenvalue weighted by Gasteiger charge is 2.16. The second-order valence-electron chi connectivity index (χ2n) is 5.78. The van der Waals surface area contributed by atoms with Crippen LogP contribution in [0.4, 0.5) is 0 Å². The molecule has 4 rings (SSSR count). The Kier molecular flexibility index (Phi) is 5.29. The van der Waals surface area contributed by atoms with Gasteiger partial charge in [0.15, 0.2) is 16.8 Å². The van der Waals surface area contributed by atoms with Crippen molar-refractivity contribution in [2.45, 2.75) is 31.3 Å². The standard InChI is InChI=1S/C18H16ClN5OS2/c1-3-24-16(14-8-7-11(2)27-14)21-22-18(24)26-10-15-20-17(25-23-15)12-5-4-6-13(19)9-12/h4-9H,3,10H2,1-2H3. The molecule has 9 heteroatoms. The van der Waals surface area contributed by atoms with Gasteiger partial charge < -0.3 is 9.09 Å². The molecule has 0 atom stereocenters. The molecule has 138 valence electrons. The van der Waals surface area contributed by atoms with Crippen LogP contribution < -0.4 is 0 Å². The minimum Gasteiger partial charge on any atom is -0.334 e. The quantitative estimate of drug-likeness (QED) is 0.395. The van der Waals surface area contributed by atoms with Gasteiger partial charge in [-0.2, -0.15) is 4.98 Å². The molecule has 0 unspecified atom stereocenters. The first kappa shape index (κ1) is 18.2. The predicted molar refractivity (Wildman–Crippen MR) is 108 cm³/mol. The van der Waals surface area contributed by atoms with Crippen molar-refractivity contribution in [2.24, 2.45) is 0 Å². The summed E-state index contributed by atoms with van der Waals surface area (Å²) in [6.07, 6.45) is 0. The van der Waals surface area contributed by atoms with Gasteiger partial charge in [0.05, 0.1) is 10.6 Å². The van der Waals surface area contributed by atoms with Gasteiger partial charge in [-0.1, -0.05) is 34.6 Å². The predicted octanol–water partition coefficient (Wildman–Crippen LogP) is 5.33. The lowest BCUT2D eigenvalue weighted by Gasteiger charge is -2.04. The zero-order chi connectivity index (χ0) is 18.8. The second kappa shape index (κ2) is 7.84. The molecule has 0 aliphatic heterocycles. The molecule has 0 saturated heterocycles. The average Bonchev–Trinajstić information content (AvgIpc) is 3.38. The number of aromatic nitrogens is 5. The monoisotopic (exact) mass is 417 g/mol. The normalized spacial score (nSPS) is 11.2. The smallest absolute Gasteiger partial charge is 0.258 e. The van der Waals surface area contributed by atoms with Gasteiger partial charge in [-0.3, -0.25) is 0 Å². The Labute approximate surface area is 169 Å². The molecule has 27 heavy (non-hydrogen) atoms. The number of thiophene rings is 1. The Bertz CT molecular complexity index is 1070. The van der Waals surface area contributed by atoms with E-state index < -0.39 is 0 Å². The number of halogens is 1. The lowest BCUT2D eigenvalue weighted by molar-refractivity contribution is 0.425. The van der Waals surface area contributed by atoms with Crippen LogP contribution in [0.3, 0.4) is 0 Å². The van der Waals surface area contributed by atoms with E-state index in [4.69, 9.17) is 16.1 Å². The maximum Gasteiger partial charge on any atom is 0.258 e. The number of nitrogens with zero attached hydrogens (tertiary/aromatic N) is 5. The maximum absolute atomic E-state index is 6.02. The molecule has 0 amide bonds. The van der Waals surface area contributed by atoms with Gasteiger partial charge in [-0.05, 0) is 44.2 Å². The SMILES string of the molecule is CCn1c(SCc2noc(-c3cccc(Cl)c3)n2)nnc1-c1ccc(C)s1. The van der Waals surface area contributed by atoms with Crippen LogP contribution >= 0.6 is 34.7 Å². The number of hydrogen-bond acceptors (Lipinski definition) is 7. The van der Waals surface area contributed by atoms with E-state index in [-0.39, 0.29) is 0 Å². The second-order valence-corrected chi connectivity index (χ2v) is 8.44. The Morgan fingerprint density at radius 1 is 1.22 bits per heavy atom. The van der Waals surface area contributed by atoms with Crippen LogP contribution in [-0.4, -0.2) is 24.9 Å². The number of benzene rings is 1. The molecule has 6 nitrogen and oxygen atoms in total. The highest BCUT2D eigenvalue weighted by molar-refractivity contribution is 7.98. The third-order valence-corrected chi connectivity index (χ3v) is 6.06. The van der Waals surface area contributed by atoms with E-state index in [0.717, 1.165) is 28.0 Å².